The van der Waals surface area contributed by atoms with Crippen LogP contribution in [-0.4, -0.2) is 12.6 Å². The topological polar surface area (TPSA) is 41.1 Å². The van der Waals surface area contributed by atoms with Crippen LogP contribution in [0.2, 0.25) is 5.02 Å². The van der Waals surface area contributed by atoms with E-state index in [9.17, 15) is 4.79 Å². The van der Waals surface area contributed by atoms with E-state index in [2.05, 4.69) is 22.8 Å². The Hall–Kier alpha value is -2.00. The molecule has 0 aromatic heterocycles. The van der Waals surface area contributed by atoms with Crippen molar-refractivity contribution in [1.29, 1.82) is 0 Å². The van der Waals surface area contributed by atoms with Gasteiger partial charge in [-0.3, -0.25) is 0 Å². The maximum absolute atomic E-state index is 11.8. The first-order chi connectivity index (χ1) is 10.2. The first-order valence-electron chi connectivity index (χ1n) is 7.00. The first kappa shape index (κ1) is 15.4. The minimum atomic E-state index is -0.201. The molecule has 0 saturated heterocycles. The molecule has 2 rings (SSSR count). The molecule has 0 aliphatic rings. The molecule has 0 fully saturated rings. The van der Waals surface area contributed by atoms with Crippen LogP contribution in [-0.2, 0) is 6.42 Å². The highest BCUT2D eigenvalue weighted by Gasteiger charge is 2.05. The standard InChI is InChI=1S/C17H19ClN2O/c1-13-15(18)10-5-11-16(13)20-17(21)19-12-6-9-14-7-3-2-4-8-14/h2-5,7-8,10-11H,6,9,12H2,1H3,(H2,19,20,21). The zero-order valence-electron chi connectivity index (χ0n) is 12.0. The van der Waals surface area contributed by atoms with E-state index in [-0.39, 0.29) is 6.03 Å². The van der Waals surface area contributed by atoms with Gasteiger partial charge in [0.05, 0.1) is 0 Å². The summed E-state index contributed by atoms with van der Waals surface area (Å²) in [6.45, 7) is 2.52. The summed E-state index contributed by atoms with van der Waals surface area (Å²) in [5, 5.41) is 6.32. The zero-order valence-corrected chi connectivity index (χ0v) is 12.8. The van der Waals surface area contributed by atoms with Crippen molar-refractivity contribution in [3.8, 4) is 0 Å². The van der Waals surface area contributed by atoms with E-state index < -0.39 is 0 Å². The maximum Gasteiger partial charge on any atom is 0.319 e. The number of aryl methyl sites for hydroxylation is 1. The predicted molar refractivity (Wildman–Crippen MR) is 88.0 cm³/mol. The molecule has 0 radical (unpaired) electrons. The molecule has 0 spiro atoms. The average molecular weight is 303 g/mol. The second-order valence-electron chi connectivity index (χ2n) is 4.88. The molecule has 3 nitrogen and oxygen atoms in total. The summed E-state index contributed by atoms with van der Waals surface area (Å²) in [5.41, 5.74) is 2.90. The van der Waals surface area contributed by atoms with Gasteiger partial charge in [0.1, 0.15) is 0 Å². The van der Waals surface area contributed by atoms with Crippen molar-refractivity contribution >= 4 is 23.3 Å². The summed E-state index contributed by atoms with van der Waals surface area (Å²) in [5.74, 6) is 0. The quantitative estimate of drug-likeness (QED) is 0.790. The van der Waals surface area contributed by atoms with Gasteiger partial charge in [0.25, 0.3) is 0 Å². The van der Waals surface area contributed by atoms with Gasteiger partial charge in [0, 0.05) is 17.3 Å². The minimum absolute atomic E-state index is 0.201. The number of carbonyl (C=O) groups excluding carboxylic acids is 1. The van der Waals surface area contributed by atoms with Crippen LogP contribution in [0.4, 0.5) is 10.5 Å². The number of hydrogen-bond acceptors (Lipinski definition) is 1. The molecule has 2 N–H and O–H groups in total. The van der Waals surface area contributed by atoms with Crippen molar-refractivity contribution < 1.29 is 4.79 Å². The molecule has 110 valence electrons. The highest BCUT2D eigenvalue weighted by molar-refractivity contribution is 6.31. The Balaban J connectivity index is 1.74. The van der Waals surface area contributed by atoms with Gasteiger partial charge in [-0.2, -0.15) is 0 Å². The van der Waals surface area contributed by atoms with Crippen molar-refractivity contribution in [2.75, 3.05) is 11.9 Å². The molecule has 2 amide bonds. The Bertz CT molecular complexity index is 599. The Labute approximate surface area is 130 Å². The monoisotopic (exact) mass is 302 g/mol. The van der Waals surface area contributed by atoms with Crippen LogP contribution in [0, 0.1) is 6.92 Å². The molecule has 2 aromatic rings. The normalized spacial score (nSPS) is 10.2. The van der Waals surface area contributed by atoms with E-state index in [0.29, 0.717) is 11.6 Å². The van der Waals surface area contributed by atoms with Crippen LogP contribution in [0.15, 0.2) is 48.5 Å². The van der Waals surface area contributed by atoms with Gasteiger partial charge in [-0.25, -0.2) is 4.79 Å². The Morgan fingerprint density at radius 3 is 2.62 bits per heavy atom. The Kier molecular flexibility index (Phi) is 5.64. The number of halogens is 1. The van der Waals surface area contributed by atoms with Gasteiger partial charge in [-0.05, 0) is 43.0 Å². The lowest BCUT2D eigenvalue weighted by molar-refractivity contribution is 0.252. The summed E-state index contributed by atoms with van der Waals surface area (Å²) >= 11 is 6.02. The molecular weight excluding hydrogens is 284 g/mol. The summed E-state index contributed by atoms with van der Waals surface area (Å²) in [6, 6.07) is 15.5. The van der Waals surface area contributed by atoms with Gasteiger partial charge in [0.2, 0.25) is 0 Å². The highest BCUT2D eigenvalue weighted by atomic mass is 35.5. The van der Waals surface area contributed by atoms with E-state index in [1.165, 1.54) is 5.56 Å². The van der Waals surface area contributed by atoms with Crippen molar-refractivity contribution in [3.63, 3.8) is 0 Å². The lowest BCUT2D eigenvalue weighted by Gasteiger charge is -2.10. The summed E-state index contributed by atoms with van der Waals surface area (Å²) in [6.07, 6.45) is 1.86. The van der Waals surface area contributed by atoms with Crippen LogP contribution in [0.25, 0.3) is 0 Å². The number of amides is 2. The van der Waals surface area contributed by atoms with Gasteiger partial charge < -0.3 is 10.6 Å². The highest BCUT2D eigenvalue weighted by Crippen LogP contribution is 2.22. The van der Waals surface area contributed by atoms with E-state index in [1.807, 2.05) is 37.3 Å². The molecule has 2 aromatic carbocycles. The molecule has 21 heavy (non-hydrogen) atoms. The molecule has 4 heteroatoms. The first-order valence-corrected chi connectivity index (χ1v) is 7.38. The number of nitrogens with one attached hydrogen (secondary N) is 2. The third-order valence-corrected chi connectivity index (χ3v) is 3.70. The average Bonchev–Trinajstić information content (AvgIpc) is 2.49. The summed E-state index contributed by atoms with van der Waals surface area (Å²) in [7, 11) is 0. The predicted octanol–water partition coefficient (Wildman–Crippen LogP) is 4.40. The SMILES string of the molecule is Cc1c(Cl)cccc1NC(=O)NCCCc1ccccc1. The van der Waals surface area contributed by atoms with Crippen LogP contribution >= 0.6 is 11.6 Å². The van der Waals surface area contributed by atoms with Crippen LogP contribution in [0.5, 0.6) is 0 Å². The zero-order chi connectivity index (χ0) is 15.1. The fourth-order valence-electron chi connectivity index (χ4n) is 2.05. The number of rotatable bonds is 5. The molecule has 0 aliphatic carbocycles. The van der Waals surface area contributed by atoms with Crippen LogP contribution < -0.4 is 10.6 Å². The van der Waals surface area contributed by atoms with Crippen molar-refractivity contribution in [2.45, 2.75) is 19.8 Å². The largest absolute Gasteiger partial charge is 0.338 e. The number of benzene rings is 2. The molecule has 0 unspecified atom stereocenters. The number of hydrogen-bond donors (Lipinski definition) is 2. The van der Waals surface area contributed by atoms with Gasteiger partial charge in [-0.1, -0.05) is 48.0 Å². The Morgan fingerprint density at radius 2 is 1.86 bits per heavy atom. The van der Waals surface area contributed by atoms with Gasteiger partial charge >= 0.3 is 6.03 Å². The summed E-state index contributed by atoms with van der Waals surface area (Å²) < 4.78 is 0. The number of carbonyl (C=O) groups is 1. The third kappa shape index (κ3) is 4.80. The van der Waals surface area contributed by atoms with Crippen LogP contribution in [0.3, 0.4) is 0 Å². The van der Waals surface area contributed by atoms with E-state index in [0.717, 1.165) is 24.1 Å². The molecule has 0 atom stereocenters. The minimum Gasteiger partial charge on any atom is -0.338 e. The van der Waals surface area contributed by atoms with Crippen LogP contribution in [0.1, 0.15) is 17.5 Å². The van der Waals surface area contributed by atoms with Gasteiger partial charge in [-0.15, -0.1) is 0 Å². The second-order valence-corrected chi connectivity index (χ2v) is 5.29. The lowest BCUT2D eigenvalue weighted by Crippen LogP contribution is -2.30. The molecule has 0 saturated carbocycles. The summed E-state index contributed by atoms with van der Waals surface area (Å²) in [4.78, 5) is 11.8. The number of urea groups is 1. The third-order valence-electron chi connectivity index (χ3n) is 3.29. The smallest absolute Gasteiger partial charge is 0.319 e. The fourth-order valence-corrected chi connectivity index (χ4v) is 2.22. The van der Waals surface area contributed by atoms with E-state index in [4.69, 9.17) is 11.6 Å². The molecule has 0 heterocycles. The lowest BCUT2D eigenvalue weighted by atomic mass is 10.1. The van der Waals surface area contributed by atoms with Crippen molar-refractivity contribution in [1.82, 2.24) is 5.32 Å². The molecule has 0 aliphatic heterocycles. The van der Waals surface area contributed by atoms with E-state index >= 15 is 0 Å². The molecule has 0 bridgehead atoms. The molecular formula is C17H19ClN2O. The van der Waals surface area contributed by atoms with Crippen molar-refractivity contribution in [3.05, 3.63) is 64.7 Å². The van der Waals surface area contributed by atoms with Crippen molar-refractivity contribution in [2.24, 2.45) is 0 Å². The maximum atomic E-state index is 11.8. The fraction of sp³-hybridized carbons (Fsp3) is 0.235. The van der Waals surface area contributed by atoms with Gasteiger partial charge in [0.15, 0.2) is 0 Å². The van der Waals surface area contributed by atoms with E-state index in [1.54, 1.807) is 6.07 Å². The number of anilines is 1. The Morgan fingerprint density at radius 1 is 1.10 bits per heavy atom. The second kappa shape index (κ2) is 7.70.